The van der Waals surface area contributed by atoms with Crippen molar-refractivity contribution in [1.82, 2.24) is 14.6 Å². The third kappa shape index (κ3) is 3.67. The molecule has 5 nitrogen and oxygen atoms in total. The van der Waals surface area contributed by atoms with E-state index in [0.29, 0.717) is 29.0 Å². The fourth-order valence-corrected chi connectivity index (χ4v) is 2.66. The van der Waals surface area contributed by atoms with Crippen molar-refractivity contribution in [3.8, 4) is 0 Å². The molecule has 7 heteroatoms. The van der Waals surface area contributed by atoms with Crippen LogP contribution < -0.4 is 5.32 Å². The van der Waals surface area contributed by atoms with Gasteiger partial charge in [-0.15, -0.1) is 0 Å². The van der Waals surface area contributed by atoms with E-state index in [0.717, 1.165) is 11.8 Å². The Morgan fingerprint density at radius 3 is 3.11 bits per heavy atom. The number of halogens is 2. The zero-order chi connectivity index (χ0) is 13.8. The SMILES string of the molecule is CC(CCBr)CC(=O)Nc1cnc2ccc(Cl)nn12. The number of imidazole rings is 1. The van der Waals surface area contributed by atoms with E-state index in [2.05, 4.69) is 31.3 Å². The Hall–Kier alpha value is -1.14. The van der Waals surface area contributed by atoms with E-state index in [9.17, 15) is 4.79 Å². The third-order valence-electron chi connectivity index (χ3n) is 2.73. The average Bonchev–Trinajstić information content (AvgIpc) is 2.72. The van der Waals surface area contributed by atoms with Gasteiger partial charge < -0.3 is 5.32 Å². The summed E-state index contributed by atoms with van der Waals surface area (Å²) < 4.78 is 1.52. The number of anilines is 1. The zero-order valence-corrected chi connectivity index (χ0v) is 12.8. The average molecular weight is 346 g/mol. The predicted octanol–water partition coefficient (Wildman–Crippen LogP) is 3.13. The maximum absolute atomic E-state index is 11.9. The summed E-state index contributed by atoms with van der Waals surface area (Å²) in [5.41, 5.74) is 0.646. The minimum Gasteiger partial charge on any atom is -0.309 e. The second-order valence-electron chi connectivity index (χ2n) is 4.40. The van der Waals surface area contributed by atoms with Crippen molar-refractivity contribution in [3.05, 3.63) is 23.5 Å². The van der Waals surface area contributed by atoms with Crippen LogP contribution in [0.3, 0.4) is 0 Å². The summed E-state index contributed by atoms with van der Waals surface area (Å²) in [4.78, 5) is 16.0. The van der Waals surface area contributed by atoms with E-state index in [1.54, 1.807) is 18.3 Å². The summed E-state index contributed by atoms with van der Waals surface area (Å²) in [5.74, 6) is 0.820. The molecule has 0 bridgehead atoms. The Morgan fingerprint density at radius 1 is 1.58 bits per heavy atom. The number of amides is 1. The Morgan fingerprint density at radius 2 is 2.37 bits per heavy atom. The van der Waals surface area contributed by atoms with Crippen LogP contribution in [0.4, 0.5) is 5.82 Å². The van der Waals surface area contributed by atoms with Crippen LogP contribution in [0.15, 0.2) is 18.3 Å². The summed E-state index contributed by atoms with van der Waals surface area (Å²) in [5, 5.41) is 8.16. The number of alkyl halides is 1. The number of nitrogens with one attached hydrogen (secondary N) is 1. The quantitative estimate of drug-likeness (QED) is 0.847. The number of aromatic nitrogens is 3. The molecule has 2 rings (SSSR count). The summed E-state index contributed by atoms with van der Waals surface area (Å²) in [6.45, 7) is 2.05. The minimum absolute atomic E-state index is 0.0444. The van der Waals surface area contributed by atoms with Crippen molar-refractivity contribution >= 4 is 44.9 Å². The predicted molar refractivity (Wildman–Crippen MR) is 78.8 cm³/mol. The van der Waals surface area contributed by atoms with E-state index in [-0.39, 0.29) is 5.91 Å². The molecule has 0 saturated heterocycles. The monoisotopic (exact) mass is 344 g/mol. The Labute approximate surface area is 124 Å². The Bertz CT molecular complexity index is 586. The highest BCUT2D eigenvalue weighted by atomic mass is 79.9. The number of carbonyl (C=O) groups is 1. The molecule has 0 saturated carbocycles. The lowest BCUT2D eigenvalue weighted by atomic mass is 10.1. The van der Waals surface area contributed by atoms with E-state index in [1.807, 2.05) is 6.92 Å². The number of hydrogen-bond acceptors (Lipinski definition) is 3. The first-order valence-electron chi connectivity index (χ1n) is 5.96. The minimum atomic E-state index is -0.0444. The van der Waals surface area contributed by atoms with Crippen molar-refractivity contribution in [2.75, 3.05) is 10.6 Å². The zero-order valence-electron chi connectivity index (χ0n) is 10.4. The molecule has 0 radical (unpaired) electrons. The Balaban J connectivity index is 2.08. The molecule has 1 N–H and O–H groups in total. The maximum Gasteiger partial charge on any atom is 0.225 e. The van der Waals surface area contributed by atoms with Crippen molar-refractivity contribution in [1.29, 1.82) is 0 Å². The lowest BCUT2D eigenvalue weighted by Gasteiger charge is -2.09. The highest BCUT2D eigenvalue weighted by molar-refractivity contribution is 9.09. The molecule has 0 aliphatic heterocycles. The lowest BCUT2D eigenvalue weighted by molar-refractivity contribution is -0.117. The van der Waals surface area contributed by atoms with E-state index < -0.39 is 0 Å². The summed E-state index contributed by atoms with van der Waals surface area (Å²) >= 11 is 9.20. The maximum atomic E-state index is 11.9. The van der Waals surface area contributed by atoms with Crippen LogP contribution in [0.2, 0.25) is 5.15 Å². The fourth-order valence-electron chi connectivity index (χ4n) is 1.73. The summed E-state index contributed by atoms with van der Waals surface area (Å²) in [6.07, 6.45) is 3.01. The summed E-state index contributed by atoms with van der Waals surface area (Å²) in [6, 6.07) is 3.41. The van der Waals surface area contributed by atoms with Gasteiger partial charge in [0.2, 0.25) is 5.91 Å². The van der Waals surface area contributed by atoms with E-state index in [1.165, 1.54) is 4.52 Å². The van der Waals surface area contributed by atoms with Gasteiger partial charge in [-0.3, -0.25) is 4.79 Å². The number of hydrogen-bond donors (Lipinski definition) is 1. The molecule has 2 aromatic rings. The topological polar surface area (TPSA) is 59.3 Å². The standard InChI is InChI=1S/C12H14BrClN4O/c1-8(4-5-13)6-12(19)16-11-7-15-10-3-2-9(14)17-18(10)11/h2-3,7-8H,4-6H2,1H3,(H,16,19). The first-order chi connectivity index (χ1) is 9.10. The van der Waals surface area contributed by atoms with Crippen LogP contribution in [0, 0.1) is 5.92 Å². The van der Waals surface area contributed by atoms with Crippen LogP contribution in [0.1, 0.15) is 19.8 Å². The van der Waals surface area contributed by atoms with Gasteiger partial charge in [0.15, 0.2) is 11.5 Å². The normalized spacial score (nSPS) is 12.6. The van der Waals surface area contributed by atoms with E-state index in [4.69, 9.17) is 11.6 Å². The second-order valence-corrected chi connectivity index (χ2v) is 5.58. The highest BCUT2D eigenvalue weighted by Gasteiger charge is 2.12. The van der Waals surface area contributed by atoms with Crippen LogP contribution >= 0.6 is 27.5 Å². The first-order valence-corrected chi connectivity index (χ1v) is 7.46. The third-order valence-corrected chi connectivity index (χ3v) is 3.39. The van der Waals surface area contributed by atoms with Crippen molar-refractivity contribution in [2.45, 2.75) is 19.8 Å². The molecule has 1 unspecified atom stereocenters. The molecule has 0 fully saturated rings. The number of rotatable bonds is 5. The molecule has 102 valence electrons. The molecule has 2 aromatic heterocycles. The number of nitrogens with zero attached hydrogens (tertiary/aromatic N) is 3. The van der Waals surface area contributed by atoms with Gasteiger partial charge in [-0.1, -0.05) is 34.5 Å². The largest absolute Gasteiger partial charge is 0.309 e. The van der Waals surface area contributed by atoms with Gasteiger partial charge in [0.1, 0.15) is 5.15 Å². The van der Waals surface area contributed by atoms with Crippen LogP contribution in [-0.4, -0.2) is 25.8 Å². The van der Waals surface area contributed by atoms with E-state index >= 15 is 0 Å². The molecular weight excluding hydrogens is 332 g/mol. The highest BCUT2D eigenvalue weighted by Crippen LogP contribution is 2.15. The first kappa shape index (κ1) is 14.3. The van der Waals surface area contributed by atoms with Crippen LogP contribution in [0.25, 0.3) is 5.65 Å². The number of fused-ring (bicyclic) bond motifs is 1. The van der Waals surface area contributed by atoms with Gasteiger partial charge in [0, 0.05) is 11.8 Å². The molecular formula is C12H14BrClN4O. The molecule has 19 heavy (non-hydrogen) atoms. The molecule has 0 aliphatic rings. The van der Waals surface area contributed by atoms with Gasteiger partial charge >= 0.3 is 0 Å². The molecule has 0 spiro atoms. The number of carbonyl (C=O) groups excluding carboxylic acids is 1. The molecule has 0 aliphatic carbocycles. The van der Waals surface area contributed by atoms with Crippen molar-refractivity contribution < 1.29 is 4.79 Å². The van der Waals surface area contributed by atoms with Crippen molar-refractivity contribution in [3.63, 3.8) is 0 Å². The molecule has 2 heterocycles. The molecule has 1 amide bonds. The Kier molecular flexibility index (Phi) is 4.76. The van der Waals surface area contributed by atoms with Gasteiger partial charge in [-0.2, -0.15) is 9.61 Å². The van der Waals surface area contributed by atoms with Gasteiger partial charge in [0.25, 0.3) is 0 Å². The second kappa shape index (κ2) is 6.34. The van der Waals surface area contributed by atoms with Gasteiger partial charge in [0.05, 0.1) is 6.20 Å². The van der Waals surface area contributed by atoms with Gasteiger partial charge in [-0.25, -0.2) is 4.98 Å². The summed E-state index contributed by atoms with van der Waals surface area (Å²) in [7, 11) is 0. The van der Waals surface area contributed by atoms with Gasteiger partial charge in [-0.05, 0) is 24.5 Å². The molecule has 1 atom stereocenters. The fraction of sp³-hybridized carbons (Fsp3) is 0.417. The van der Waals surface area contributed by atoms with Crippen molar-refractivity contribution in [2.24, 2.45) is 5.92 Å². The lowest BCUT2D eigenvalue weighted by Crippen LogP contribution is -2.16. The smallest absolute Gasteiger partial charge is 0.225 e. The van der Waals surface area contributed by atoms with Crippen LogP contribution in [-0.2, 0) is 4.79 Å². The molecule has 0 aromatic carbocycles. The van der Waals surface area contributed by atoms with Crippen LogP contribution in [0.5, 0.6) is 0 Å².